The molecule has 0 heterocycles. The first kappa shape index (κ1) is 15.8. The van der Waals surface area contributed by atoms with E-state index in [9.17, 15) is 18.0 Å². The molecule has 0 spiro atoms. The average molecular weight is 282 g/mol. The van der Waals surface area contributed by atoms with Crippen LogP contribution in [0.2, 0.25) is 0 Å². The monoisotopic (exact) mass is 282 g/mol. The van der Waals surface area contributed by atoms with Crippen molar-refractivity contribution in [1.29, 1.82) is 0 Å². The van der Waals surface area contributed by atoms with Crippen molar-refractivity contribution >= 4 is 5.97 Å². The first-order chi connectivity index (χ1) is 8.97. The van der Waals surface area contributed by atoms with Crippen LogP contribution in [-0.2, 0) is 0 Å². The molecule has 0 saturated carbocycles. The van der Waals surface area contributed by atoms with Crippen LogP contribution in [0.1, 0.15) is 23.3 Å². The van der Waals surface area contributed by atoms with Gasteiger partial charge in [-0.25, -0.2) is 18.0 Å². The van der Waals surface area contributed by atoms with Crippen LogP contribution in [0.25, 0.3) is 0 Å². The number of benzene rings is 2. The second-order valence-corrected chi connectivity index (χ2v) is 3.96. The van der Waals surface area contributed by atoms with Gasteiger partial charge in [0.05, 0.1) is 5.56 Å². The van der Waals surface area contributed by atoms with E-state index in [2.05, 4.69) is 0 Å². The van der Waals surface area contributed by atoms with Crippen molar-refractivity contribution in [3.63, 3.8) is 0 Å². The van der Waals surface area contributed by atoms with Gasteiger partial charge in [-0.05, 0) is 31.2 Å². The predicted octanol–water partition coefficient (Wildman–Crippen LogP) is 4.27. The lowest BCUT2D eigenvalue weighted by molar-refractivity contribution is 0.0733. The van der Waals surface area contributed by atoms with E-state index in [1.54, 1.807) is 24.3 Å². The van der Waals surface area contributed by atoms with Crippen molar-refractivity contribution in [2.75, 3.05) is 0 Å². The van der Waals surface area contributed by atoms with Crippen molar-refractivity contribution in [1.82, 2.24) is 0 Å². The van der Waals surface area contributed by atoms with Crippen LogP contribution in [0, 0.1) is 24.4 Å². The molecule has 2 nitrogen and oxygen atoms in total. The Bertz CT molecular complexity index is 599. The normalized spacial score (nSPS) is 9.80. The number of ether oxygens (including phenoxy) is 1. The summed E-state index contributed by atoms with van der Waals surface area (Å²) in [5.41, 5.74) is 0.579. The van der Waals surface area contributed by atoms with Gasteiger partial charge in [0.1, 0.15) is 5.75 Å². The number of hydrogen-bond acceptors (Lipinski definition) is 2. The smallest absolute Gasteiger partial charge is 0.343 e. The molecule has 2 rings (SSSR count). The molecule has 0 N–H and O–H groups in total. The fourth-order valence-electron chi connectivity index (χ4n) is 1.45. The van der Waals surface area contributed by atoms with Crippen LogP contribution >= 0.6 is 0 Å². The van der Waals surface area contributed by atoms with Gasteiger partial charge < -0.3 is 4.74 Å². The van der Waals surface area contributed by atoms with Crippen molar-refractivity contribution in [3.05, 3.63) is 65.0 Å². The fourth-order valence-corrected chi connectivity index (χ4v) is 1.45. The molecule has 0 aromatic heterocycles. The quantitative estimate of drug-likeness (QED) is 0.467. The third-order valence-corrected chi connectivity index (χ3v) is 2.45. The summed E-state index contributed by atoms with van der Waals surface area (Å²) in [6, 6.07) is 7.71. The zero-order chi connectivity index (χ0) is 14.0. The largest absolute Gasteiger partial charge is 0.423 e. The predicted molar refractivity (Wildman–Crippen MR) is 69.2 cm³/mol. The highest BCUT2D eigenvalue weighted by atomic mass is 19.2. The molecule has 2 aromatic rings. The first-order valence-corrected chi connectivity index (χ1v) is 5.41. The highest BCUT2D eigenvalue weighted by Crippen LogP contribution is 2.17. The molecule has 0 aliphatic rings. The summed E-state index contributed by atoms with van der Waals surface area (Å²) in [6.45, 7) is 1.86. The van der Waals surface area contributed by atoms with Crippen molar-refractivity contribution in [3.8, 4) is 5.75 Å². The summed E-state index contributed by atoms with van der Waals surface area (Å²) in [5, 5.41) is 0. The number of esters is 1. The third-order valence-electron chi connectivity index (χ3n) is 2.45. The average Bonchev–Trinajstić information content (AvgIpc) is 2.38. The number of carbonyl (C=O) groups excluding carboxylic acids is 1. The molecule has 0 fully saturated rings. The van der Waals surface area contributed by atoms with E-state index in [4.69, 9.17) is 4.74 Å². The third kappa shape index (κ3) is 3.38. The summed E-state index contributed by atoms with van der Waals surface area (Å²) >= 11 is 0. The highest BCUT2D eigenvalue weighted by molar-refractivity contribution is 5.91. The molecule has 0 amide bonds. The molecule has 0 unspecified atom stereocenters. The molecule has 20 heavy (non-hydrogen) atoms. The Morgan fingerprint density at radius 2 is 1.50 bits per heavy atom. The Kier molecular flexibility index (Phi) is 4.91. The molecule has 0 aliphatic heterocycles. The molecule has 2 aromatic carbocycles. The summed E-state index contributed by atoms with van der Waals surface area (Å²) in [6.07, 6.45) is 0. The molecular formula is C15H13F3O2. The first-order valence-electron chi connectivity index (χ1n) is 5.41. The molecule has 0 radical (unpaired) electrons. The zero-order valence-corrected chi connectivity index (χ0v) is 9.91. The second kappa shape index (κ2) is 6.23. The summed E-state index contributed by atoms with van der Waals surface area (Å²) < 4.78 is 43.6. The molecule has 0 aliphatic carbocycles. The Balaban J connectivity index is 0.00000200. The Morgan fingerprint density at radius 1 is 1.00 bits per heavy atom. The number of halogens is 3. The van der Waals surface area contributed by atoms with Crippen molar-refractivity contribution in [2.24, 2.45) is 0 Å². The Labute approximate surface area is 114 Å². The van der Waals surface area contributed by atoms with E-state index in [0.717, 1.165) is 5.56 Å². The summed E-state index contributed by atoms with van der Waals surface area (Å²) in [4.78, 5) is 11.6. The zero-order valence-electron chi connectivity index (χ0n) is 9.91. The molecule has 106 valence electrons. The maximum Gasteiger partial charge on any atom is 0.343 e. The van der Waals surface area contributed by atoms with Gasteiger partial charge in [-0.1, -0.05) is 25.1 Å². The van der Waals surface area contributed by atoms with Gasteiger partial charge in [0.15, 0.2) is 17.5 Å². The van der Waals surface area contributed by atoms with E-state index >= 15 is 0 Å². The van der Waals surface area contributed by atoms with Crippen molar-refractivity contribution < 1.29 is 22.7 Å². The van der Waals surface area contributed by atoms with Gasteiger partial charge >= 0.3 is 5.97 Å². The van der Waals surface area contributed by atoms with Gasteiger partial charge in [-0.3, -0.25) is 0 Å². The number of carbonyl (C=O) groups is 1. The molecular weight excluding hydrogens is 269 g/mol. The lowest BCUT2D eigenvalue weighted by Gasteiger charge is -2.05. The number of rotatable bonds is 2. The lowest BCUT2D eigenvalue weighted by atomic mass is 10.2. The van der Waals surface area contributed by atoms with E-state index < -0.39 is 29.0 Å². The van der Waals surface area contributed by atoms with Crippen molar-refractivity contribution in [2.45, 2.75) is 14.4 Å². The minimum atomic E-state index is -1.62. The Morgan fingerprint density at radius 3 is 2.00 bits per heavy atom. The van der Waals surface area contributed by atoms with E-state index in [-0.39, 0.29) is 13.2 Å². The van der Waals surface area contributed by atoms with Gasteiger partial charge in [0, 0.05) is 0 Å². The van der Waals surface area contributed by atoms with Crippen LogP contribution in [0.5, 0.6) is 5.75 Å². The van der Waals surface area contributed by atoms with Gasteiger partial charge in [-0.2, -0.15) is 0 Å². The maximum absolute atomic E-state index is 13.0. The van der Waals surface area contributed by atoms with E-state index in [1.807, 2.05) is 6.92 Å². The van der Waals surface area contributed by atoms with Crippen LogP contribution in [-0.4, -0.2) is 5.97 Å². The standard InChI is InChI=1S/C14H9F3O2.CH4/c1-8-2-4-10(5-3-8)19-14(18)9-6-11(15)13(17)12(16)7-9;/h2-7H,1H3;1H4. The van der Waals surface area contributed by atoms with Crippen LogP contribution < -0.4 is 4.74 Å². The topological polar surface area (TPSA) is 26.3 Å². The fraction of sp³-hybridized carbons (Fsp3) is 0.133. The van der Waals surface area contributed by atoms with Gasteiger partial charge in [-0.15, -0.1) is 0 Å². The van der Waals surface area contributed by atoms with Gasteiger partial charge in [0.2, 0.25) is 0 Å². The summed E-state index contributed by atoms with van der Waals surface area (Å²) in [5.74, 6) is -5.21. The molecule has 5 heteroatoms. The number of aryl methyl sites for hydroxylation is 1. The van der Waals surface area contributed by atoms with Crippen LogP contribution in [0.15, 0.2) is 36.4 Å². The summed E-state index contributed by atoms with van der Waals surface area (Å²) in [7, 11) is 0. The van der Waals surface area contributed by atoms with E-state index in [1.165, 1.54) is 0 Å². The molecule has 0 saturated heterocycles. The second-order valence-electron chi connectivity index (χ2n) is 3.96. The highest BCUT2D eigenvalue weighted by Gasteiger charge is 2.16. The maximum atomic E-state index is 13.0. The van der Waals surface area contributed by atoms with E-state index in [0.29, 0.717) is 12.1 Å². The molecule has 0 atom stereocenters. The minimum absolute atomic E-state index is 0. The lowest BCUT2D eigenvalue weighted by Crippen LogP contribution is -2.10. The van der Waals surface area contributed by atoms with Gasteiger partial charge in [0.25, 0.3) is 0 Å². The molecule has 0 bridgehead atoms. The SMILES string of the molecule is C.Cc1ccc(OC(=O)c2cc(F)c(F)c(F)c2)cc1. The number of hydrogen-bond donors (Lipinski definition) is 0. The van der Waals surface area contributed by atoms with Crippen LogP contribution in [0.4, 0.5) is 13.2 Å². The van der Waals surface area contributed by atoms with Crippen LogP contribution in [0.3, 0.4) is 0 Å². The minimum Gasteiger partial charge on any atom is -0.423 e. The Hall–Kier alpha value is -2.30.